The Morgan fingerprint density at radius 1 is 1.29 bits per heavy atom. The number of alkyl halides is 3. The minimum absolute atomic E-state index is 0.00709. The molecule has 174 valence electrons. The van der Waals surface area contributed by atoms with Crippen LogP contribution in [0.5, 0.6) is 0 Å². The maximum absolute atomic E-state index is 13.1. The second-order valence-corrected chi connectivity index (χ2v) is 9.95. The summed E-state index contributed by atoms with van der Waals surface area (Å²) >= 11 is 0. The largest absolute Gasteiger partial charge is 0.490 e. The Morgan fingerprint density at radius 2 is 1.97 bits per heavy atom. The number of halogens is 3. The number of piperidine rings is 1. The van der Waals surface area contributed by atoms with E-state index in [9.17, 15) is 21.6 Å². The Labute approximate surface area is 179 Å². The Bertz CT molecular complexity index is 864. The molecule has 31 heavy (non-hydrogen) atoms. The lowest BCUT2D eigenvalue weighted by atomic mass is 9.91. The molecule has 0 radical (unpaired) electrons. The van der Waals surface area contributed by atoms with Crippen molar-refractivity contribution >= 4 is 16.0 Å². The highest BCUT2D eigenvalue weighted by Crippen LogP contribution is 2.38. The van der Waals surface area contributed by atoms with Crippen LogP contribution in [0.15, 0.2) is 29.4 Å². The number of hydrogen-bond donors (Lipinski definition) is 1. The van der Waals surface area contributed by atoms with E-state index in [2.05, 4.69) is 9.88 Å². The molecule has 1 aliphatic carbocycles. The van der Waals surface area contributed by atoms with Crippen molar-refractivity contribution in [1.29, 1.82) is 0 Å². The number of ether oxygens (including phenoxy) is 1. The summed E-state index contributed by atoms with van der Waals surface area (Å²) in [4.78, 5) is 15.6. The normalized spacial score (nSPS) is 27.3. The van der Waals surface area contributed by atoms with Crippen LogP contribution in [0.25, 0.3) is 0 Å². The van der Waals surface area contributed by atoms with E-state index in [-0.39, 0.29) is 18.1 Å². The van der Waals surface area contributed by atoms with E-state index in [1.165, 1.54) is 19.0 Å². The van der Waals surface area contributed by atoms with Crippen molar-refractivity contribution in [2.75, 3.05) is 33.3 Å². The fourth-order valence-corrected chi connectivity index (χ4v) is 5.88. The molecule has 0 spiro atoms. The molecule has 0 amide bonds. The first kappa shape index (κ1) is 23.9. The van der Waals surface area contributed by atoms with Gasteiger partial charge < -0.3 is 14.7 Å². The van der Waals surface area contributed by atoms with Crippen LogP contribution >= 0.6 is 0 Å². The predicted octanol–water partition coefficient (Wildman–Crippen LogP) is 1.83. The van der Waals surface area contributed by atoms with Crippen LogP contribution in [0.1, 0.15) is 19.3 Å². The van der Waals surface area contributed by atoms with Crippen molar-refractivity contribution < 1.29 is 36.2 Å². The summed E-state index contributed by atoms with van der Waals surface area (Å²) in [5.74, 6) is -1.68. The van der Waals surface area contributed by atoms with Gasteiger partial charge in [0, 0.05) is 57.6 Å². The van der Waals surface area contributed by atoms with Crippen LogP contribution in [0.2, 0.25) is 0 Å². The molecular weight excluding hydrogens is 439 g/mol. The molecule has 3 atom stereocenters. The van der Waals surface area contributed by atoms with Crippen molar-refractivity contribution in [2.45, 2.75) is 42.5 Å². The Kier molecular flexibility index (Phi) is 7.24. The number of aromatic nitrogens is 1. The molecule has 0 aromatic carbocycles. The van der Waals surface area contributed by atoms with Crippen molar-refractivity contribution in [2.24, 2.45) is 11.8 Å². The predicted molar refractivity (Wildman–Crippen MR) is 104 cm³/mol. The van der Waals surface area contributed by atoms with E-state index in [1.807, 2.05) is 0 Å². The molecule has 1 saturated carbocycles. The number of aliphatic carboxylic acids is 1. The topological polar surface area (TPSA) is 100 Å². The zero-order valence-electron chi connectivity index (χ0n) is 17.0. The van der Waals surface area contributed by atoms with Crippen molar-refractivity contribution in [3.63, 3.8) is 0 Å². The summed E-state index contributed by atoms with van der Waals surface area (Å²) in [5, 5.41) is 7.12. The minimum Gasteiger partial charge on any atom is -0.475 e. The van der Waals surface area contributed by atoms with Crippen LogP contribution in [0.4, 0.5) is 13.2 Å². The molecule has 3 fully saturated rings. The zero-order valence-corrected chi connectivity index (χ0v) is 17.8. The summed E-state index contributed by atoms with van der Waals surface area (Å²) in [5.41, 5.74) is 0. The van der Waals surface area contributed by atoms with Crippen LogP contribution in [-0.4, -0.2) is 85.3 Å². The average molecular weight is 465 g/mol. The SMILES string of the molecule is CO[C@H]1CCN(S(=O)(=O)c2cccnc2)[C@@H]2CN(CC3CC3)C[C@H]12.O=C(O)C(F)(F)F. The van der Waals surface area contributed by atoms with Crippen LogP contribution in [-0.2, 0) is 19.6 Å². The highest BCUT2D eigenvalue weighted by molar-refractivity contribution is 7.89. The van der Waals surface area contributed by atoms with E-state index in [1.54, 1.807) is 29.7 Å². The number of methoxy groups -OCH3 is 1. The first-order chi connectivity index (χ1) is 14.5. The lowest BCUT2D eigenvalue weighted by Crippen LogP contribution is -2.53. The Morgan fingerprint density at radius 3 is 2.48 bits per heavy atom. The summed E-state index contributed by atoms with van der Waals surface area (Å²) < 4.78 is 65.3. The van der Waals surface area contributed by atoms with Gasteiger partial charge in [0.1, 0.15) is 4.90 Å². The maximum atomic E-state index is 13.1. The van der Waals surface area contributed by atoms with Crippen LogP contribution < -0.4 is 0 Å². The van der Waals surface area contributed by atoms with E-state index in [0.717, 1.165) is 32.0 Å². The smallest absolute Gasteiger partial charge is 0.475 e. The van der Waals surface area contributed by atoms with Crippen molar-refractivity contribution in [1.82, 2.24) is 14.2 Å². The van der Waals surface area contributed by atoms with Gasteiger partial charge in [0.2, 0.25) is 10.0 Å². The zero-order chi connectivity index (χ0) is 22.8. The number of likely N-dealkylation sites (tertiary alicyclic amines) is 1. The number of fused-ring (bicyclic) bond motifs is 1. The number of nitrogens with zero attached hydrogens (tertiary/aromatic N) is 3. The van der Waals surface area contributed by atoms with E-state index < -0.39 is 22.2 Å². The lowest BCUT2D eigenvalue weighted by molar-refractivity contribution is -0.192. The third kappa shape index (κ3) is 5.73. The Hall–Kier alpha value is -1.76. The number of carboxylic acid groups (broad SMARTS) is 1. The molecule has 3 aliphatic rings. The van der Waals surface area contributed by atoms with E-state index >= 15 is 0 Å². The number of pyridine rings is 1. The van der Waals surface area contributed by atoms with Gasteiger partial charge in [-0.1, -0.05) is 0 Å². The summed E-state index contributed by atoms with van der Waals surface area (Å²) in [6.45, 7) is 3.39. The molecule has 8 nitrogen and oxygen atoms in total. The molecule has 2 aliphatic heterocycles. The van der Waals surface area contributed by atoms with Gasteiger partial charge in [-0.2, -0.15) is 17.5 Å². The van der Waals surface area contributed by atoms with Crippen molar-refractivity contribution in [3.8, 4) is 0 Å². The first-order valence-corrected chi connectivity index (χ1v) is 11.4. The molecule has 12 heteroatoms. The summed E-state index contributed by atoms with van der Waals surface area (Å²) in [6, 6.07) is 3.32. The van der Waals surface area contributed by atoms with Gasteiger partial charge in [-0.05, 0) is 37.3 Å². The highest BCUT2D eigenvalue weighted by Gasteiger charge is 2.49. The van der Waals surface area contributed by atoms with Gasteiger partial charge in [-0.15, -0.1) is 0 Å². The highest BCUT2D eigenvalue weighted by atomic mass is 32.2. The van der Waals surface area contributed by atoms with Gasteiger partial charge in [0.05, 0.1) is 6.10 Å². The molecule has 1 N–H and O–H groups in total. The third-order valence-electron chi connectivity index (χ3n) is 5.89. The average Bonchev–Trinajstić information content (AvgIpc) is 3.43. The number of sulfonamides is 1. The van der Waals surface area contributed by atoms with Gasteiger partial charge in [-0.25, -0.2) is 13.2 Å². The third-order valence-corrected chi connectivity index (χ3v) is 7.80. The molecule has 1 aromatic heterocycles. The summed E-state index contributed by atoms with van der Waals surface area (Å²) in [7, 11) is -1.75. The minimum atomic E-state index is -5.08. The van der Waals surface area contributed by atoms with Gasteiger partial charge >= 0.3 is 12.1 Å². The van der Waals surface area contributed by atoms with E-state index in [0.29, 0.717) is 11.4 Å². The Balaban J connectivity index is 0.000000339. The molecular formula is C19H26F3N3O5S. The standard InChI is InChI=1S/C17H25N3O3S.C2HF3O2/c1-23-17-6-8-20(24(21,22)14-3-2-7-18-9-14)16-12-19(11-15(16)17)10-13-4-5-13;3-2(4,5)1(6)7/h2-3,7,9,13,15-17H,4-6,8,10-12H2,1H3;(H,6,7)/t15-,16+,17-;/m0./s1. The second-order valence-electron chi connectivity index (χ2n) is 8.06. The molecule has 3 heterocycles. The lowest BCUT2D eigenvalue weighted by Gasteiger charge is -2.40. The molecule has 4 rings (SSSR count). The number of hydrogen-bond acceptors (Lipinski definition) is 6. The second kappa shape index (κ2) is 9.39. The number of carboxylic acids is 1. The van der Waals surface area contributed by atoms with Crippen molar-refractivity contribution in [3.05, 3.63) is 24.5 Å². The molecule has 1 aromatic rings. The number of rotatable bonds is 5. The van der Waals surface area contributed by atoms with Gasteiger partial charge in [0.25, 0.3) is 0 Å². The van der Waals surface area contributed by atoms with Gasteiger partial charge in [0.15, 0.2) is 0 Å². The molecule has 0 bridgehead atoms. The number of carbonyl (C=O) groups is 1. The first-order valence-electron chi connectivity index (χ1n) is 10.0. The maximum Gasteiger partial charge on any atom is 0.490 e. The fourth-order valence-electron chi connectivity index (χ4n) is 4.24. The quantitative estimate of drug-likeness (QED) is 0.708. The molecule has 0 unspecified atom stereocenters. The van der Waals surface area contributed by atoms with Gasteiger partial charge in [-0.3, -0.25) is 4.98 Å². The van der Waals surface area contributed by atoms with Crippen LogP contribution in [0, 0.1) is 11.8 Å². The monoisotopic (exact) mass is 465 g/mol. The summed E-state index contributed by atoms with van der Waals surface area (Å²) in [6.07, 6.45) is 1.51. The molecule has 2 saturated heterocycles. The fraction of sp³-hybridized carbons (Fsp3) is 0.684. The van der Waals surface area contributed by atoms with E-state index in [4.69, 9.17) is 14.6 Å². The van der Waals surface area contributed by atoms with Crippen LogP contribution in [0.3, 0.4) is 0 Å².